The van der Waals surface area contributed by atoms with Crippen LogP contribution < -0.4 is 5.32 Å². The van der Waals surface area contributed by atoms with Gasteiger partial charge in [-0.25, -0.2) is 4.98 Å². The van der Waals surface area contributed by atoms with Crippen LogP contribution in [0.25, 0.3) is 0 Å². The fraction of sp³-hybridized carbons (Fsp3) is 0.409. The van der Waals surface area contributed by atoms with Gasteiger partial charge < -0.3 is 5.32 Å². The molecule has 5 heteroatoms. The quantitative estimate of drug-likeness (QED) is 0.603. The van der Waals surface area contributed by atoms with Crippen molar-refractivity contribution in [3.05, 3.63) is 58.4 Å². The highest BCUT2D eigenvalue weighted by molar-refractivity contribution is 7.13. The molecule has 27 heavy (non-hydrogen) atoms. The lowest BCUT2D eigenvalue weighted by atomic mass is 9.85. The Morgan fingerprint density at radius 2 is 2.22 bits per heavy atom. The molecule has 1 aromatic heterocycles. The third-order valence-corrected chi connectivity index (χ3v) is 5.03. The Labute approximate surface area is 167 Å². The molecule has 4 nitrogen and oxygen atoms in total. The molecule has 1 aromatic rings. The van der Waals surface area contributed by atoms with Gasteiger partial charge in [0.1, 0.15) is 0 Å². The van der Waals surface area contributed by atoms with Crippen molar-refractivity contribution < 1.29 is 0 Å². The van der Waals surface area contributed by atoms with E-state index in [1.807, 2.05) is 38.6 Å². The average molecular weight is 383 g/mol. The van der Waals surface area contributed by atoms with Crippen LogP contribution in [0, 0.1) is 12.8 Å². The first-order valence-electron chi connectivity index (χ1n) is 9.72. The van der Waals surface area contributed by atoms with E-state index in [-0.39, 0.29) is 0 Å². The zero-order valence-electron chi connectivity index (χ0n) is 17.0. The molecule has 1 aliphatic heterocycles. The van der Waals surface area contributed by atoms with E-state index in [1.165, 1.54) is 11.1 Å². The molecule has 0 amide bonds. The number of allylic oxidation sites excluding steroid dienone is 7. The average Bonchev–Trinajstić information content (AvgIpc) is 3.11. The Balaban J connectivity index is 0.00000126. The van der Waals surface area contributed by atoms with E-state index in [1.54, 1.807) is 11.3 Å². The lowest BCUT2D eigenvalue weighted by Crippen LogP contribution is -2.25. The summed E-state index contributed by atoms with van der Waals surface area (Å²) < 4.78 is 0. The molecule has 1 unspecified atom stereocenters. The molecule has 1 atom stereocenters. The smallest absolute Gasteiger partial charge is 0.187 e. The van der Waals surface area contributed by atoms with Crippen LogP contribution in [0.2, 0.25) is 0 Å². The van der Waals surface area contributed by atoms with E-state index in [0.29, 0.717) is 5.92 Å². The van der Waals surface area contributed by atoms with Gasteiger partial charge in [-0.3, -0.25) is 9.98 Å². The minimum atomic E-state index is 0.295. The fourth-order valence-electron chi connectivity index (χ4n) is 2.89. The van der Waals surface area contributed by atoms with Gasteiger partial charge in [0.15, 0.2) is 5.13 Å². The van der Waals surface area contributed by atoms with Crippen molar-refractivity contribution >= 4 is 28.4 Å². The minimum absolute atomic E-state index is 0.295. The van der Waals surface area contributed by atoms with Crippen molar-refractivity contribution in [2.24, 2.45) is 15.9 Å². The summed E-state index contributed by atoms with van der Waals surface area (Å²) in [6, 6.07) is 0. The number of aryl methyl sites for hydroxylation is 1. The fourth-order valence-corrected chi connectivity index (χ4v) is 3.59. The van der Waals surface area contributed by atoms with Crippen LogP contribution in [0.4, 0.5) is 5.13 Å². The van der Waals surface area contributed by atoms with Crippen LogP contribution in [0.5, 0.6) is 0 Å². The number of thiazole rings is 1. The second-order valence-corrected chi connectivity index (χ2v) is 7.00. The maximum atomic E-state index is 4.76. The Morgan fingerprint density at radius 1 is 1.41 bits per heavy atom. The van der Waals surface area contributed by atoms with Crippen LogP contribution >= 0.6 is 11.3 Å². The SMILES string of the molecule is C/C=C(\C=NCCC)C1=CN=C2C(Nc3nc(C)cs3)=CC=CC2C1.CC. The van der Waals surface area contributed by atoms with E-state index in [9.17, 15) is 0 Å². The predicted molar refractivity (Wildman–Crippen MR) is 120 cm³/mol. The molecule has 0 fully saturated rings. The maximum Gasteiger partial charge on any atom is 0.187 e. The molecule has 0 radical (unpaired) electrons. The maximum absolute atomic E-state index is 4.76. The van der Waals surface area contributed by atoms with Gasteiger partial charge in [-0.1, -0.05) is 39.0 Å². The number of aromatic nitrogens is 1. The Morgan fingerprint density at radius 3 is 2.89 bits per heavy atom. The topological polar surface area (TPSA) is 49.6 Å². The van der Waals surface area contributed by atoms with E-state index < -0.39 is 0 Å². The third-order valence-electron chi connectivity index (χ3n) is 4.16. The lowest BCUT2D eigenvalue weighted by molar-refractivity contribution is 0.822. The van der Waals surface area contributed by atoms with Crippen molar-refractivity contribution in [1.29, 1.82) is 0 Å². The number of nitrogens with zero attached hydrogens (tertiary/aromatic N) is 3. The number of hydrogen-bond donors (Lipinski definition) is 1. The molecule has 1 aliphatic carbocycles. The van der Waals surface area contributed by atoms with Crippen molar-refractivity contribution in [3.63, 3.8) is 0 Å². The van der Waals surface area contributed by atoms with Crippen LogP contribution in [0.1, 0.15) is 46.2 Å². The zero-order valence-corrected chi connectivity index (χ0v) is 17.8. The standard InChI is InChI=1S/C20H24N4S.C2H6/c1-4-9-21-11-15(5-2)17-10-16-7-6-8-18(19(16)22-12-17)24-20-23-14(3)13-25-20;1-2/h5-8,11-13,16H,4,9-10H2,1-3H3,(H,23,24);1-2H3/b15-5+,21-11?;. The number of fused-ring (bicyclic) bond motifs is 1. The molecule has 0 aromatic carbocycles. The van der Waals surface area contributed by atoms with Gasteiger partial charge in [0.05, 0.1) is 17.1 Å². The molecule has 2 aliphatic rings. The van der Waals surface area contributed by atoms with Crippen LogP contribution in [-0.2, 0) is 0 Å². The predicted octanol–water partition coefficient (Wildman–Crippen LogP) is 6.12. The summed E-state index contributed by atoms with van der Waals surface area (Å²) in [6.07, 6.45) is 14.5. The highest BCUT2D eigenvalue weighted by Gasteiger charge is 2.25. The Kier molecular flexibility index (Phi) is 8.40. The third kappa shape index (κ3) is 5.60. The van der Waals surface area contributed by atoms with E-state index >= 15 is 0 Å². The number of anilines is 1. The molecule has 2 heterocycles. The van der Waals surface area contributed by atoms with Gasteiger partial charge in [0.2, 0.25) is 0 Å². The summed E-state index contributed by atoms with van der Waals surface area (Å²) in [5.41, 5.74) is 5.57. The van der Waals surface area contributed by atoms with E-state index in [4.69, 9.17) is 4.99 Å². The monoisotopic (exact) mass is 382 g/mol. The number of rotatable bonds is 6. The summed E-state index contributed by atoms with van der Waals surface area (Å²) in [4.78, 5) is 13.7. The molecule has 0 saturated heterocycles. The van der Waals surface area contributed by atoms with Gasteiger partial charge in [0, 0.05) is 30.3 Å². The second-order valence-electron chi connectivity index (χ2n) is 6.14. The van der Waals surface area contributed by atoms with Gasteiger partial charge in [-0.05, 0) is 43.9 Å². The van der Waals surface area contributed by atoms with Crippen molar-refractivity contribution in [2.75, 3.05) is 11.9 Å². The summed E-state index contributed by atoms with van der Waals surface area (Å²) in [5, 5.41) is 6.38. The summed E-state index contributed by atoms with van der Waals surface area (Å²) >= 11 is 1.62. The van der Waals surface area contributed by atoms with Gasteiger partial charge in [-0.15, -0.1) is 11.3 Å². The molecule has 0 bridgehead atoms. The largest absolute Gasteiger partial charge is 0.330 e. The molecule has 0 spiro atoms. The van der Waals surface area contributed by atoms with Crippen LogP contribution in [-0.4, -0.2) is 23.5 Å². The van der Waals surface area contributed by atoms with Crippen molar-refractivity contribution in [2.45, 2.75) is 47.5 Å². The molecular formula is C22H30N4S. The first kappa shape index (κ1) is 21.0. The van der Waals surface area contributed by atoms with Crippen LogP contribution in [0.3, 0.4) is 0 Å². The Hall–Kier alpha value is -2.27. The van der Waals surface area contributed by atoms with Gasteiger partial charge >= 0.3 is 0 Å². The lowest BCUT2D eigenvalue weighted by Gasteiger charge is -2.25. The normalized spacial score (nSPS) is 18.9. The van der Waals surface area contributed by atoms with E-state index in [0.717, 1.165) is 41.6 Å². The summed E-state index contributed by atoms with van der Waals surface area (Å²) in [7, 11) is 0. The molecule has 144 valence electrons. The minimum Gasteiger partial charge on any atom is -0.330 e. The van der Waals surface area contributed by atoms with Gasteiger partial charge in [-0.2, -0.15) is 0 Å². The number of nitrogens with one attached hydrogen (secondary N) is 1. The summed E-state index contributed by atoms with van der Waals surface area (Å²) in [5.74, 6) is 0.295. The van der Waals surface area contributed by atoms with Crippen molar-refractivity contribution in [1.82, 2.24) is 4.98 Å². The van der Waals surface area contributed by atoms with Gasteiger partial charge in [0.25, 0.3) is 0 Å². The highest BCUT2D eigenvalue weighted by atomic mass is 32.1. The molecule has 1 N–H and O–H groups in total. The van der Waals surface area contributed by atoms with Crippen molar-refractivity contribution in [3.8, 4) is 0 Å². The Bertz CT molecular complexity index is 806. The van der Waals surface area contributed by atoms with E-state index in [2.05, 4.69) is 53.4 Å². The number of hydrogen-bond acceptors (Lipinski definition) is 5. The van der Waals surface area contributed by atoms with Crippen LogP contribution in [0.15, 0.2) is 62.7 Å². The highest BCUT2D eigenvalue weighted by Crippen LogP contribution is 2.31. The molecule has 3 rings (SSSR count). The molecular weight excluding hydrogens is 352 g/mol. The first-order chi connectivity index (χ1) is 13.2. The first-order valence-corrected chi connectivity index (χ1v) is 10.6. The summed E-state index contributed by atoms with van der Waals surface area (Å²) in [6.45, 7) is 11.1. The number of aliphatic imine (C=N–C) groups is 2. The zero-order chi connectivity index (χ0) is 19.6. The second kappa shape index (κ2) is 10.8. The molecule has 0 saturated carbocycles.